The summed E-state index contributed by atoms with van der Waals surface area (Å²) in [6.45, 7) is 0. The molecule has 0 spiro atoms. The van der Waals surface area contributed by atoms with Gasteiger partial charge in [-0.1, -0.05) is 0 Å². The largest absolute Gasteiger partial charge is 0.288 e. The van der Waals surface area contributed by atoms with Crippen LogP contribution in [0.5, 0.6) is 0 Å². The van der Waals surface area contributed by atoms with Crippen molar-refractivity contribution in [2.24, 2.45) is 0 Å². The Morgan fingerprint density at radius 3 is 2.62 bits per heavy atom. The van der Waals surface area contributed by atoms with Crippen molar-refractivity contribution in [3.8, 4) is 0 Å². The normalized spacial score (nSPS) is 11.2. The standard InChI is InChI=1S/C5H7N3O3S2/c1-8(13(2,10)11)5(9)4-3-6-12-7-4/h3H,1-2H3. The number of carbonyl (C=O) groups is 1. The van der Waals surface area contributed by atoms with Gasteiger partial charge in [0.1, 0.15) is 0 Å². The number of nitrogens with zero attached hydrogens (tertiary/aromatic N) is 3. The molecule has 0 aliphatic heterocycles. The van der Waals surface area contributed by atoms with Crippen LogP contribution in [0.15, 0.2) is 6.20 Å². The molecule has 0 unspecified atom stereocenters. The van der Waals surface area contributed by atoms with Gasteiger partial charge >= 0.3 is 0 Å². The molecule has 0 radical (unpaired) electrons. The van der Waals surface area contributed by atoms with E-state index in [2.05, 4.69) is 8.75 Å². The maximum atomic E-state index is 11.3. The van der Waals surface area contributed by atoms with Gasteiger partial charge in [-0.15, -0.1) is 0 Å². The molecule has 13 heavy (non-hydrogen) atoms. The van der Waals surface area contributed by atoms with Gasteiger partial charge in [0.2, 0.25) is 10.0 Å². The lowest BCUT2D eigenvalue weighted by Gasteiger charge is -2.11. The fourth-order valence-corrected chi connectivity index (χ4v) is 1.37. The third-order valence-corrected chi connectivity index (χ3v) is 3.00. The summed E-state index contributed by atoms with van der Waals surface area (Å²) in [5.74, 6) is -0.670. The Bertz CT molecular complexity index is 397. The van der Waals surface area contributed by atoms with Crippen molar-refractivity contribution in [1.82, 2.24) is 13.1 Å². The van der Waals surface area contributed by atoms with Gasteiger partial charge in [-0.3, -0.25) is 4.79 Å². The van der Waals surface area contributed by atoms with E-state index in [1.54, 1.807) is 0 Å². The summed E-state index contributed by atoms with van der Waals surface area (Å²) < 4.78 is 29.7. The van der Waals surface area contributed by atoms with Gasteiger partial charge in [0, 0.05) is 7.05 Å². The number of hydrogen-bond donors (Lipinski definition) is 0. The molecule has 0 atom stereocenters. The zero-order valence-corrected chi connectivity index (χ0v) is 8.59. The van der Waals surface area contributed by atoms with E-state index >= 15 is 0 Å². The molecular weight excluding hydrogens is 214 g/mol. The van der Waals surface area contributed by atoms with Crippen LogP contribution in [0.25, 0.3) is 0 Å². The average Bonchev–Trinajstić information content (AvgIpc) is 2.51. The Hall–Kier alpha value is -1.02. The molecule has 0 aliphatic rings. The van der Waals surface area contributed by atoms with E-state index in [9.17, 15) is 13.2 Å². The molecule has 72 valence electrons. The highest BCUT2D eigenvalue weighted by Gasteiger charge is 2.21. The van der Waals surface area contributed by atoms with Crippen LogP contribution >= 0.6 is 11.7 Å². The topological polar surface area (TPSA) is 80.2 Å². The van der Waals surface area contributed by atoms with E-state index in [0.29, 0.717) is 4.31 Å². The Morgan fingerprint density at radius 1 is 1.62 bits per heavy atom. The molecule has 0 saturated heterocycles. The van der Waals surface area contributed by atoms with Crippen molar-refractivity contribution in [3.63, 3.8) is 0 Å². The molecule has 0 aromatic carbocycles. The van der Waals surface area contributed by atoms with Crippen molar-refractivity contribution in [2.45, 2.75) is 0 Å². The van der Waals surface area contributed by atoms with E-state index < -0.39 is 15.9 Å². The van der Waals surface area contributed by atoms with Crippen LogP contribution in [-0.4, -0.2) is 40.7 Å². The second-order valence-corrected chi connectivity index (χ2v) is 4.90. The Balaban J connectivity index is 2.94. The van der Waals surface area contributed by atoms with Crippen molar-refractivity contribution in [1.29, 1.82) is 0 Å². The minimum absolute atomic E-state index is 0.0397. The number of amides is 1. The van der Waals surface area contributed by atoms with Gasteiger partial charge in [-0.25, -0.2) is 12.7 Å². The van der Waals surface area contributed by atoms with Gasteiger partial charge in [-0.2, -0.15) is 8.75 Å². The summed E-state index contributed by atoms with van der Waals surface area (Å²) in [7, 11) is -2.33. The first kappa shape index (κ1) is 10.1. The molecule has 8 heteroatoms. The van der Waals surface area contributed by atoms with Gasteiger partial charge in [0.25, 0.3) is 5.91 Å². The molecule has 1 rings (SSSR count). The Kier molecular flexibility index (Phi) is 2.62. The minimum atomic E-state index is -3.51. The minimum Gasteiger partial charge on any atom is -0.266 e. The van der Waals surface area contributed by atoms with Crippen molar-refractivity contribution in [2.75, 3.05) is 13.3 Å². The summed E-state index contributed by atoms with van der Waals surface area (Å²) in [6.07, 6.45) is 2.18. The first-order valence-corrected chi connectivity index (χ1v) is 5.76. The molecule has 0 aliphatic carbocycles. The van der Waals surface area contributed by atoms with Gasteiger partial charge < -0.3 is 0 Å². The van der Waals surface area contributed by atoms with Crippen LogP contribution in [0, 0.1) is 0 Å². The first-order valence-electron chi connectivity index (χ1n) is 3.18. The SMILES string of the molecule is CN(C(=O)c1cnsn1)S(C)(=O)=O. The number of sulfonamides is 1. The Labute approximate surface area is 79.6 Å². The van der Waals surface area contributed by atoms with Crippen molar-refractivity contribution in [3.05, 3.63) is 11.9 Å². The lowest BCUT2D eigenvalue weighted by molar-refractivity contribution is 0.0879. The van der Waals surface area contributed by atoms with Crippen molar-refractivity contribution < 1.29 is 13.2 Å². The molecule has 0 N–H and O–H groups in total. The van der Waals surface area contributed by atoms with Crippen LogP contribution in [0.2, 0.25) is 0 Å². The van der Waals surface area contributed by atoms with Gasteiger partial charge in [0.05, 0.1) is 24.2 Å². The van der Waals surface area contributed by atoms with Crippen LogP contribution in [-0.2, 0) is 10.0 Å². The average molecular weight is 221 g/mol. The van der Waals surface area contributed by atoms with Gasteiger partial charge in [0.15, 0.2) is 5.69 Å². The monoisotopic (exact) mass is 221 g/mol. The smallest absolute Gasteiger partial charge is 0.266 e. The van der Waals surface area contributed by atoms with E-state index in [1.807, 2.05) is 0 Å². The number of hydrogen-bond acceptors (Lipinski definition) is 6. The summed E-state index contributed by atoms with van der Waals surface area (Å²) in [4.78, 5) is 11.3. The highest BCUT2D eigenvalue weighted by Crippen LogP contribution is 2.03. The van der Waals surface area contributed by atoms with E-state index in [0.717, 1.165) is 18.0 Å². The maximum Gasteiger partial charge on any atom is 0.288 e. The van der Waals surface area contributed by atoms with Crippen LogP contribution in [0.1, 0.15) is 10.5 Å². The molecule has 0 fully saturated rings. The highest BCUT2D eigenvalue weighted by molar-refractivity contribution is 7.88. The second-order valence-electron chi connectivity index (χ2n) is 2.33. The molecular formula is C5H7N3O3S2. The van der Waals surface area contributed by atoms with E-state index in [-0.39, 0.29) is 5.69 Å². The highest BCUT2D eigenvalue weighted by atomic mass is 32.2. The quantitative estimate of drug-likeness (QED) is 0.677. The molecule has 6 nitrogen and oxygen atoms in total. The van der Waals surface area contributed by atoms with Crippen LogP contribution in [0.4, 0.5) is 0 Å². The molecule has 0 bridgehead atoms. The first-order chi connectivity index (χ1) is 5.93. The molecule has 1 aromatic heterocycles. The Morgan fingerprint density at radius 2 is 2.23 bits per heavy atom. The third kappa shape index (κ3) is 2.22. The molecule has 1 heterocycles. The maximum absolute atomic E-state index is 11.3. The number of aromatic nitrogens is 2. The predicted molar refractivity (Wildman–Crippen MR) is 46.8 cm³/mol. The summed E-state index contributed by atoms with van der Waals surface area (Å²) >= 11 is 0.854. The number of rotatable bonds is 2. The molecule has 1 aromatic rings. The van der Waals surface area contributed by atoms with Gasteiger partial charge in [-0.05, 0) is 0 Å². The summed E-state index contributed by atoms with van der Waals surface area (Å²) in [6, 6.07) is 0. The van der Waals surface area contributed by atoms with Crippen LogP contribution < -0.4 is 0 Å². The zero-order chi connectivity index (χ0) is 10.1. The predicted octanol–water partition coefficient (Wildman–Crippen LogP) is -0.430. The van der Waals surface area contributed by atoms with E-state index in [1.165, 1.54) is 13.2 Å². The molecule has 0 saturated carbocycles. The lowest BCUT2D eigenvalue weighted by atomic mass is 10.4. The summed E-state index contributed by atoms with van der Waals surface area (Å²) in [5.41, 5.74) is 0.0397. The van der Waals surface area contributed by atoms with Crippen LogP contribution in [0.3, 0.4) is 0 Å². The second kappa shape index (κ2) is 3.38. The number of carbonyl (C=O) groups excluding carboxylic acids is 1. The summed E-state index contributed by atoms with van der Waals surface area (Å²) in [5, 5.41) is 0. The fraction of sp³-hybridized carbons (Fsp3) is 0.400. The third-order valence-electron chi connectivity index (χ3n) is 1.36. The molecule has 1 amide bonds. The van der Waals surface area contributed by atoms with E-state index in [4.69, 9.17) is 0 Å². The van der Waals surface area contributed by atoms with Crippen molar-refractivity contribution >= 4 is 27.7 Å². The fourth-order valence-electron chi connectivity index (χ4n) is 0.571. The lowest BCUT2D eigenvalue weighted by Crippen LogP contribution is -2.32. The zero-order valence-electron chi connectivity index (χ0n) is 6.96.